The van der Waals surface area contributed by atoms with E-state index >= 15 is 0 Å². The predicted molar refractivity (Wildman–Crippen MR) is 160 cm³/mol. The SMILES string of the molecule is COc1cc(C(=O)N2CC[C@@]3(C=CC(C(=O)NS(N)(=O)=O)=C3)Cc3ccccc32)ccc1NC(=O)c1cc(F)ccc1Cl. The van der Waals surface area contributed by atoms with Gasteiger partial charge in [-0.25, -0.2) is 14.3 Å². The molecule has 0 bridgehead atoms. The Morgan fingerprint density at radius 2 is 1.84 bits per heavy atom. The molecule has 1 atom stereocenters. The van der Waals surface area contributed by atoms with Crippen LogP contribution in [0.15, 0.2) is 84.5 Å². The van der Waals surface area contributed by atoms with E-state index in [4.69, 9.17) is 21.5 Å². The topological polar surface area (TPSA) is 148 Å². The lowest BCUT2D eigenvalue weighted by Gasteiger charge is -2.25. The zero-order chi connectivity index (χ0) is 30.9. The molecule has 43 heavy (non-hydrogen) atoms. The first kappa shape index (κ1) is 30.0. The summed E-state index contributed by atoms with van der Waals surface area (Å²) in [6.07, 6.45) is 5.99. The van der Waals surface area contributed by atoms with E-state index in [0.717, 1.165) is 17.7 Å². The number of amides is 3. The van der Waals surface area contributed by atoms with Crippen molar-refractivity contribution >= 4 is 50.9 Å². The fourth-order valence-electron chi connectivity index (χ4n) is 5.22. The van der Waals surface area contributed by atoms with E-state index in [1.807, 2.05) is 30.3 Å². The summed E-state index contributed by atoms with van der Waals surface area (Å²) >= 11 is 6.07. The Bertz CT molecular complexity index is 1830. The maximum absolute atomic E-state index is 13.9. The van der Waals surface area contributed by atoms with Crippen molar-refractivity contribution in [3.63, 3.8) is 0 Å². The summed E-state index contributed by atoms with van der Waals surface area (Å²) in [5.41, 5.74) is 1.55. The number of para-hydroxylation sites is 1. The Labute approximate surface area is 252 Å². The Morgan fingerprint density at radius 3 is 2.58 bits per heavy atom. The molecule has 0 radical (unpaired) electrons. The third-order valence-electron chi connectivity index (χ3n) is 7.25. The van der Waals surface area contributed by atoms with Crippen LogP contribution in [0.5, 0.6) is 5.75 Å². The van der Waals surface area contributed by atoms with E-state index in [-0.39, 0.29) is 45.6 Å². The molecule has 0 fully saturated rings. The molecule has 0 saturated heterocycles. The standard InChI is InChI=1S/C30H26ClFN4O6S/c1-42-26-14-18(6-9-24(26)34-28(38)22-15-21(32)7-8-23(22)31)29(39)36-13-12-30(16-19-4-2-3-5-25(19)36)11-10-20(17-30)27(37)35-43(33,40)41/h2-11,14-15,17H,12-13,16H2,1H3,(H,34,38)(H,35,37)(H2,33,40,41)/t30-/m0/s1. The van der Waals surface area contributed by atoms with Gasteiger partial charge in [-0.05, 0) is 60.9 Å². The number of rotatable bonds is 6. The second-order valence-corrected chi connectivity index (χ2v) is 11.8. The fourth-order valence-corrected chi connectivity index (χ4v) is 5.80. The van der Waals surface area contributed by atoms with Crippen LogP contribution in [0.2, 0.25) is 5.02 Å². The largest absolute Gasteiger partial charge is 0.495 e. The third-order valence-corrected chi connectivity index (χ3v) is 8.05. The molecule has 1 spiro atoms. The number of benzene rings is 3. The molecule has 3 amide bonds. The van der Waals surface area contributed by atoms with Crippen molar-refractivity contribution < 1.29 is 31.9 Å². The van der Waals surface area contributed by atoms with Gasteiger partial charge in [-0.15, -0.1) is 0 Å². The van der Waals surface area contributed by atoms with Gasteiger partial charge in [0.2, 0.25) is 0 Å². The lowest BCUT2D eigenvalue weighted by molar-refractivity contribution is -0.115. The third kappa shape index (κ3) is 6.46. The fraction of sp³-hybridized carbons (Fsp3) is 0.167. The van der Waals surface area contributed by atoms with Gasteiger partial charge in [0, 0.05) is 28.8 Å². The summed E-state index contributed by atoms with van der Waals surface area (Å²) in [4.78, 5) is 40.7. The maximum Gasteiger partial charge on any atom is 0.298 e. The molecule has 1 heterocycles. The minimum atomic E-state index is -4.22. The molecule has 2 aliphatic rings. The van der Waals surface area contributed by atoms with Crippen molar-refractivity contribution in [3.8, 4) is 5.75 Å². The number of allylic oxidation sites excluding steroid dienone is 2. The van der Waals surface area contributed by atoms with Crippen LogP contribution in [0, 0.1) is 11.2 Å². The summed E-state index contributed by atoms with van der Waals surface area (Å²) in [6, 6.07) is 15.4. The molecule has 0 saturated carbocycles. The number of fused-ring (bicyclic) bond motifs is 1. The van der Waals surface area contributed by atoms with Crippen molar-refractivity contribution in [2.45, 2.75) is 12.8 Å². The molecule has 1 aliphatic carbocycles. The van der Waals surface area contributed by atoms with Crippen molar-refractivity contribution in [2.75, 3.05) is 23.9 Å². The van der Waals surface area contributed by atoms with Crippen LogP contribution in [-0.2, 0) is 21.4 Å². The van der Waals surface area contributed by atoms with E-state index in [2.05, 4.69) is 5.32 Å². The van der Waals surface area contributed by atoms with E-state index in [1.165, 1.54) is 25.3 Å². The van der Waals surface area contributed by atoms with Gasteiger partial charge in [-0.2, -0.15) is 8.42 Å². The van der Waals surface area contributed by atoms with E-state index in [0.29, 0.717) is 18.5 Å². The van der Waals surface area contributed by atoms with Crippen LogP contribution in [0.4, 0.5) is 15.8 Å². The van der Waals surface area contributed by atoms with Gasteiger partial charge < -0.3 is 15.0 Å². The lowest BCUT2D eigenvalue weighted by atomic mass is 9.80. The smallest absolute Gasteiger partial charge is 0.298 e. The summed E-state index contributed by atoms with van der Waals surface area (Å²) < 4.78 is 43.6. The first-order valence-electron chi connectivity index (χ1n) is 13.0. The Kier molecular flexibility index (Phi) is 8.10. The summed E-state index contributed by atoms with van der Waals surface area (Å²) in [7, 11) is -2.83. The molecule has 3 aromatic carbocycles. The minimum Gasteiger partial charge on any atom is -0.495 e. The first-order valence-corrected chi connectivity index (χ1v) is 14.9. The highest BCUT2D eigenvalue weighted by atomic mass is 35.5. The zero-order valence-electron chi connectivity index (χ0n) is 22.8. The number of ether oxygens (including phenoxy) is 1. The monoisotopic (exact) mass is 624 g/mol. The predicted octanol–water partition coefficient (Wildman–Crippen LogP) is 4.14. The Balaban J connectivity index is 1.41. The van der Waals surface area contributed by atoms with Gasteiger partial charge in [-0.1, -0.05) is 48.0 Å². The van der Waals surface area contributed by atoms with Crippen LogP contribution in [0.25, 0.3) is 0 Å². The summed E-state index contributed by atoms with van der Waals surface area (Å²) in [6.45, 7) is 0.277. The number of halogens is 2. The van der Waals surface area contributed by atoms with E-state index in [9.17, 15) is 27.2 Å². The molecular weight excluding hydrogens is 599 g/mol. The molecule has 3 aromatic rings. The highest BCUT2D eigenvalue weighted by Crippen LogP contribution is 2.42. The van der Waals surface area contributed by atoms with Crippen LogP contribution < -0.4 is 24.8 Å². The Hall–Kier alpha value is -4.52. The zero-order valence-corrected chi connectivity index (χ0v) is 24.3. The average molecular weight is 625 g/mol. The van der Waals surface area contributed by atoms with Gasteiger partial charge in [0.25, 0.3) is 27.9 Å². The lowest BCUT2D eigenvalue weighted by Crippen LogP contribution is -2.36. The van der Waals surface area contributed by atoms with Crippen LogP contribution in [0.1, 0.15) is 32.7 Å². The number of hydrogen-bond acceptors (Lipinski definition) is 6. The van der Waals surface area contributed by atoms with Gasteiger partial charge in [0.05, 0.1) is 23.4 Å². The number of carbonyl (C=O) groups excluding carboxylic acids is 3. The molecule has 13 heteroatoms. The minimum absolute atomic E-state index is 0.0562. The second-order valence-electron chi connectivity index (χ2n) is 10.1. The van der Waals surface area contributed by atoms with Gasteiger partial charge in [0.15, 0.2) is 0 Å². The number of nitrogens with two attached hydrogens (primary N) is 1. The summed E-state index contributed by atoms with van der Waals surface area (Å²) in [5.74, 6) is -2.22. The number of carbonyl (C=O) groups is 3. The van der Waals surface area contributed by atoms with Gasteiger partial charge in [0.1, 0.15) is 11.6 Å². The molecular formula is C30H26ClFN4O6S. The number of methoxy groups -OCH3 is 1. The van der Waals surface area contributed by atoms with Crippen molar-refractivity contribution in [1.29, 1.82) is 0 Å². The van der Waals surface area contributed by atoms with Crippen molar-refractivity contribution in [3.05, 3.63) is 112 Å². The summed E-state index contributed by atoms with van der Waals surface area (Å²) in [5, 5.41) is 7.68. The second kappa shape index (κ2) is 11.6. The first-order chi connectivity index (χ1) is 20.4. The number of nitrogens with one attached hydrogen (secondary N) is 2. The normalized spacial score (nSPS) is 17.6. The van der Waals surface area contributed by atoms with E-state index < -0.39 is 33.3 Å². The van der Waals surface area contributed by atoms with Gasteiger partial charge >= 0.3 is 0 Å². The highest BCUT2D eigenvalue weighted by Gasteiger charge is 2.37. The molecule has 0 aromatic heterocycles. The molecule has 1 aliphatic heterocycles. The highest BCUT2D eigenvalue weighted by molar-refractivity contribution is 7.87. The molecule has 4 N–H and O–H groups in total. The maximum atomic E-state index is 13.9. The average Bonchev–Trinajstić information content (AvgIpc) is 3.30. The molecule has 222 valence electrons. The number of nitrogens with zero attached hydrogens (tertiary/aromatic N) is 1. The number of anilines is 2. The van der Waals surface area contributed by atoms with Crippen molar-refractivity contribution in [1.82, 2.24) is 4.72 Å². The van der Waals surface area contributed by atoms with Crippen molar-refractivity contribution in [2.24, 2.45) is 10.6 Å². The quantitative estimate of drug-likeness (QED) is 0.376. The molecule has 0 unspecified atom stereocenters. The van der Waals surface area contributed by atoms with E-state index in [1.54, 1.807) is 27.8 Å². The number of hydrogen-bond donors (Lipinski definition) is 3. The van der Waals surface area contributed by atoms with Crippen LogP contribution in [-0.4, -0.2) is 39.8 Å². The molecule has 10 nitrogen and oxygen atoms in total. The Morgan fingerprint density at radius 1 is 1.07 bits per heavy atom. The molecule has 5 rings (SSSR count). The van der Waals surface area contributed by atoms with Crippen LogP contribution >= 0.6 is 11.6 Å². The van der Waals surface area contributed by atoms with Gasteiger partial charge in [-0.3, -0.25) is 14.4 Å². The van der Waals surface area contributed by atoms with Crippen LogP contribution in [0.3, 0.4) is 0 Å².